The number of halogens is 1. The predicted molar refractivity (Wildman–Crippen MR) is 126 cm³/mol. The third-order valence-corrected chi connectivity index (χ3v) is 5.34. The van der Waals surface area contributed by atoms with Crippen molar-refractivity contribution in [2.75, 3.05) is 19.0 Å². The molecule has 0 unspecified atom stereocenters. The van der Waals surface area contributed by atoms with Crippen molar-refractivity contribution < 1.29 is 23.9 Å². The molecule has 1 atom stereocenters. The van der Waals surface area contributed by atoms with E-state index < -0.39 is 24.4 Å². The van der Waals surface area contributed by atoms with Gasteiger partial charge < -0.3 is 20.1 Å². The molecule has 4 amide bonds. The van der Waals surface area contributed by atoms with E-state index in [-0.39, 0.29) is 11.8 Å². The van der Waals surface area contributed by atoms with Crippen LogP contribution in [-0.4, -0.2) is 42.5 Å². The van der Waals surface area contributed by atoms with Crippen molar-refractivity contribution in [2.45, 2.75) is 33.3 Å². The number of hydrogen-bond donors (Lipinski definition) is 2. The molecule has 1 saturated heterocycles. The van der Waals surface area contributed by atoms with Crippen LogP contribution >= 0.6 is 11.6 Å². The smallest absolute Gasteiger partial charge is 0.329 e. The Morgan fingerprint density at radius 3 is 2.58 bits per heavy atom. The zero-order chi connectivity index (χ0) is 24.1. The zero-order valence-electron chi connectivity index (χ0n) is 18.9. The van der Waals surface area contributed by atoms with Crippen molar-refractivity contribution in [1.82, 2.24) is 10.2 Å². The molecule has 0 radical (unpaired) electrons. The molecule has 174 valence electrons. The molecule has 1 fully saturated rings. The Labute approximate surface area is 197 Å². The van der Waals surface area contributed by atoms with E-state index in [4.69, 9.17) is 21.1 Å². The van der Waals surface area contributed by atoms with Crippen molar-refractivity contribution in [3.8, 4) is 11.5 Å². The average Bonchev–Trinajstić information content (AvgIpc) is 3.04. The van der Waals surface area contributed by atoms with Crippen molar-refractivity contribution >= 4 is 41.2 Å². The van der Waals surface area contributed by atoms with Crippen LogP contribution in [0.4, 0.5) is 10.5 Å². The number of amides is 4. The van der Waals surface area contributed by atoms with Gasteiger partial charge >= 0.3 is 6.03 Å². The molecule has 2 N–H and O–H groups in total. The fraction of sp³-hybridized carbons (Fsp3) is 0.292. The van der Waals surface area contributed by atoms with Crippen LogP contribution in [-0.2, 0) is 9.59 Å². The maximum Gasteiger partial charge on any atom is 0.329 e. The summed E-state index contributed by atoms with van der Waals surface area (Å²) in [6, 6.07) is 9.78. The molecule has 0 spiro atoms. The van der Waals surface area contributed by atoms with Crippen LogP contribution in [0.25, 0.3) is 6.08 Å². The maximum atomic E-state index is 12.7. The lowest BCUT2D eigenvalue weighted by Gasteiger charge is -2.17. The third kappa shape index (κ3) is 5.84. The van der Waals surface area contributed by atoms with Gasteiger partial charge in [0.15, 0.2) is 11.5 Å². The predicted octanol–water partition coefficient (Wildman–Crippen LogP) is 4.37. The number of nitrogens with one attached hydrogen (secondary N) is 2. The van der Waals surface area contributed by atoms with Gasteiger partial charge in [-0.3, -0.25) is 9.59 Å². The minimum Gasteiger partial charge on any atom is -0.493 e. The molecule has 9 heteroatoms. The number of urea groups is 1. The minimum absolute atomic E-state index is 0.0249. The lowest BCUT2D eigenvalue weighted by molar-refractivity contribution is -0.127. The minimum atomic E-state index is -0.680. The number of ether oxygens (including phenoxy) is 2. The van der Waals surface area contributed by atoms with Crippen molar-refractivity contribution in [3.05, 3.63) is 58.2 Å². The Kier molecular flexibility index (Phi) is 7.60. The summed E-state index contributed by atoms with van der Waals surface area (Å²) in [6.07, 6.45) is 2.20. The summed E-state index contributed by atoms with van der Waals surface area (Å²) in [5, 5.41) is 5.48. The molecule has 1 aliphatic heterocycles. The summed E-state index contributed by atoms with van der Waals surface area (Å²) in [5.74, 6) is -0.290. The Morgan fingerprint density at radius 1 is 1.24 bits per heavy atom. The normalized spacial score (nSPS) is 15.4. The van der Waals surface area contributed by atoms with Crippen molar-refractivity contribution in [1.29, 1.82) is 0 Å². The quantitative estimate of drug-likeness (QED) is 0.440. The first-order chi connectivity index (χ1) is 15.7. The van der Waals surface area contributed by atoms with Crippen LogP contribution in [0.2, 0.25) is 5.02 Å². The number of imide groups is 1. The molecule has 0 aromatic heterocycles. The Balaban J connectivity index is 1.75. The summed E-state index contributed by atoms with van der Waals surface area (Å²) >= 11 is 6.38. The lowest BCUT2D eigenvalue weighted by atomic mass is 10.1. The number of benzene rings is 2. The zero-order valence-corrected chi connectivity index (χ0v) is 19.7. The first-order valence-electron chi connectivity index (χ1n) is 10.5. The molecule has 0 saturated carbocycles. The van der Waals surface area contributed by atoms with Gasteiger partial charge in [-0.15, -0.1) is 0 Å². The summed E-state index contributed by atoms with van der Waals surface area (Å²) in [4.78, 5) is 38.2. The highest BCUT2D eigenvalue weighted by molar-refractivity contribution is 6.32. The topological polar surface area (TPSA) is 97.0 Å². The van der Waals surface area contributed by atoms with Gasteiger partial charge in [-0.05, 0) is 56.2 Å². The second-order valence-corrected chi connectivity index (χ2v) is 8.07. The first-order valence-corrected chi connectivity index (χ1v) is 10.8. The highest BCUT2D eigenvalue weighted by atomic mass is 35.5. The molecule has 33 heavy (non-hydrogen) atoms. The number of carbonyl (C=O) groups excluding carboxylic acids is 3. The van der Waals surface area contributed by atoms with Crippen LogP contribution in [0.3, 0.4) is 0 Å². The molecule has 3 rings (SSSR count). The van der Waals surface area contributed by atoms with E-state index in [1.54, 1.807) is 24.3 Å². The fourth-order valence-electron chi connectivity index (χ4n) is 3.08. The molecule has 1 aliphatic rings. The van der Waals surface area contributed by atoms with Gasteiger partial charge in [0.25, 0.3) is 5.91 Å². The monoisotopic (exact) mass is 471 g/mol. The number of anilines is 1. The first kappa shape index (κ1) is 24.1. The molecule has 8 nitrogen and oxygen atoms in total. The molecule has 2 aromatic rings. The van der Waals surface area contributed by atoms with Crippen LogP contribution in [0.5, 0.6) is 11.5 Å². The van der Waals surface area contributed by atoms with E-state index in [9.17, 15) is 14.4 Å². The van der Waals surface area contributed by atoms with Gasteiger partial charge in [0.1, 0.15) is 12.2 Å². The van der Waals surface area contributed by atoms with Crippen LogP contribution in [0.15, 0.2) is 42.1 Å². The number of carbonyl (C=O) groups is 3. The third-order valence-electron chi connectivity index (χ3n) is 5.06. The van der Waals surface area contributed by atoms with Gasteiger partial charge in [0.2, 0.25) is 5.91 Å². The van der Waals surface area contributed by atoms with Crippen LogP contribution in [0, 0.1) is 6.92 Å². The fourth-order valence-corrected chi connectivity index (χ4v) is 3.35. The average molecular weight is 472 g/mol. The number of nitrogens with zero attached hydrogens (tertiary/aromatic N) is 1. The standard InChI is InChI=1S/C24H26ClN3O5/c1-5-15(3)33-22-18(25)10-16(12-20(22)32-4)11-19-23(30)28(24(31)27-19)13-21(29)26-17-8-6-14(2)7-9-17/h6-12,15H,5,13H2,1-4H3,(H,26,29)(H,27,31)/b19-11+/t15-/m1/s1. The Hall–Kier alpha value is -3.52. The number of rotatable bonds is 8. The van der Waals surface area contributed by atoms with Gasteiger partial charge in [-0.25, -0.2) is 9.69 Å². The maximum absolute atomic E-state index is 12.7. The number of methoxy groups -OCH3 is 1. The summed E-state index contributed by atoms with van der Waals surface area (Å²) in [5.41, 5.74) is 2.18. The molecule has 2 aromatic carbocycles. The highest BCUT2D eigenvalue weighted by Gasteiger charge is 2.35. The summed E-state index contributed by atoms with van der Waals surface area (Å²) in [7, 11) is 1.49. The van der Waals surface area contributed by atoms with Gasteiger partial charge in [-0.1, -0.05) is 36.2 Å². The highest BCUT2D eigenvalue weighted by Crippen LogP contribution is 2.38. The van der Waals surface area contributed by atoms with E-state index >= 15 is 0 Å². The summed E-state index contributed by atoms with van der Waals surface area (Å²) in [6.45, 7) is 5.43. The van der Waals surface area contributed by atoms with E-state index in [2.05, 4.69) is 10.6 Å². The number of aryl methyl sites for hydroxylation is 1. The van der Waals surface area contributed by atoms with Crippen LogP contribution in [0.1, 0.15) is 31.4 Å². The molecular weight excluding hydrogens is 446 g/mol. The van der Waals surface area contributed by atoms with E-state index in [1.165, 1.54) is 13.2 Å². The second kappa shape index (κ2) is 10.4. The summed E-state index contributed by atoms with van der Waals surface area (Å²) < 4.78 is 11.2. The van der Waals surface area contributed by atoms with Crippen LogP contribution < -0.4 is 20.1 Å². The SMILES string of the molecule is CC[C@@H](C)Oc1c(Cl)cc(/C=C2/NC(=O)N(CC(=O)Nc3ccc(C)cc3)C2=O)cc1OC. The van der Waals surface area contributed by atoms with E-state index in [0.29, 0.717) is 27.8 Å². The molecule has 0 bridgehead atoms. The van der Waals surface area contributed by atoms with E-state index in [1.807, 2.05) is 32.9 Å². The van der Waals surface area contributed by atoms with Gasteiger partial charge in [-0.2, -0.15) is 0 Å². The number of hydrogen-bond acceptors (Lipinski definition) is 5. The molecular formula is C24H26ClN3O5. The molecule has 0 aliphatic carbocycles. The van der Waals surface area contributed by atoms with Crippen molar-refractivity contribution in [3.63, 3.8) is 0 Å². The van der Waals surface area contributed by atoms with Gasteiger partial charge in [0, 0.05) is 5.69 Å². The van der Waals surface area contributed by atoms with Crippen molar-refractivity contribution in [2.24, 2.45) is 0 Å². The Bertz CT molecular complexity index is 1100. The molecule has 1 heterocycles. The largest absolute Gasteiger partial charge is 0.493 e. The Morgan fingerprint density at radius 2 is 1.94 bits per heavy atom. The van der Waals surface area contributed by atoms with E-state index in [0.717, 1.165) is 16.9 Å². The van der Waals surface area contributed by atoms with Gasteiger partial charge in [0.05, 0.1) is 18.2 Å². The second-order valence-electron chi connectivity index (χ2n) is 7.66. The lowest BCUT2D eigenvalue weighted by Crippen LogP contribution is -2.38.